The van der Waals surface area contributed by atoms with Crippen LogP contribution in [0, 0.1) is 5.82 Å². The minimum Gasteiger partial charge on any atom is -0.465 e. The summed E-state index contributed by atoms with van der Waals surface area (Å²) in [6.07, 6.45) is -2.79. The van der Waals surface area contributed by atoms with Gasteiger partial charge in [-0.1, -0.05) is 35.9 Å². The lowest BCUT2D eigenvalue weighted by Gasteiger charge is -2.21. The summed E-state index contributed by atoms with van der Waals surface area (Å²) in [7, 11) is 1.21. The number of methoxy groups -OCH3 is 1. The second-order valence-electron chi connectivity index (χ2n) is 7.46. The summed E-state index contributed by atoms with van der Waals surface area (Å²) < 4.78 is 44.7. The molecule has 32 heavy (non-hydrogen) atoms. The average Bonchev–Trinajstić information content (AvgIpc) is 3.53. The van der Waals surface area contributed by atoms with E-state index in [-0.39, 0.29) is 29.0 Å². The minimum atomic E-state index is -3.23. The molecule has 2 aromatic rings. The van der Waals surface area contributed by atoms with Gasteiger partial charge < -0.3 is 15.4 Å². The van der Waals surface area contributed by atoms with Crippen molar-refractivity contribution in [3.8, 4) is 11.1 Å². The lowest BCUT2D eigenvalue weighted by atomic mass is 9.96. The Morgan fingerprint density at radius 3 is 2.41 bits per heavy atom. The maximum Gasteiger partial charge on any atom is 0.340 e. The van der Waals surface area contributed by atoms with Crippen LogP contribution < -0.4 is 10.6 Å². The number of nitrogens with one attached hydrogen (secondary N) is 2. The number of carbonyl (C=O) groups excluding carboxylic acids is 3. The predicted octanol–water partition coefficient (Wildman–Crippen LogP) is 4.02. The highest BCUT2D eigenvalue weighted by molar-refractivity contribution is 6.34. The highest BCUT2D eigenvalue weighted by Crippen LogP contribution is 2.37. The van der Waals surface area contributed by atoms with Gasteiger partial charge in [0.2, 0.25) is 5.91 Å². The van der Waals surface area contributed by atoms with Gasteiger partial charge in [0, 0.05) is 5.56 Å². The monoisotopic (exact) mass is 468 g/mol. The van der Waals surface area contributed by atoms with E-state index in [2.05, 4.69) is 5.32 Å². The summed E-state index contributed by atoms with van der Waals surface area (Å²) >= 11 is 6.12. The fourth-order valence-corrected chi connectivity index (χ4v) is 3.61. The predicted molar refractivity (Wildman–Crippen MR) is 111 cm³/mol. The molecule has 0 saturated heterocycles. The van der Waals surface area contributed by atoms with Gasteiger partial charge in [0.25, 0.3) is 5.91 Å². The van der Waals surface area contributed by atoms with E-state index in [9.17, 15) is 27.6 Å². The molecule has 1 saturated carbocycles. The SMILES string of the molecule is COC(=O)c1c(Cl)cccc1-c1ccc([C@@H](C)NC(=O)C2(NC(=O)C(F)F)CC2)c(F)c1. The Morgan fingerprint density at radius 1 is 1.16 bits per heavy atom. The first-order valence-electron chi connectivity index (χ1n) is 9.67. The van der Waals surface area contributed by atoms with Gasteiger partial charge in [0.05, 0.1) is 23.7 Å². The van der Waals surface area contributed by atoms with Crippen molar-refractivity contribution >= 4 is 29.4 Å². The Hall–Kier alpha value is -3.07. The van der Waals surface area contributed by atoms with Gasteiger partial charge in [-0.15, -0.1) is 0 Å². The fourth-order valence-electron chi connectivity index (χ4n) is 3.36. The molecule has 1 fully saturated rings. The average molecular weight is 469 g/mol. The van der Waals surface area contributed by atoms with Crippen molar-refractivity contribution in [1.82, 2.24) is 10.6 Å². The number of rotatable bonds is 7. The molecular formula is C22H20ClF3N2O4. The van der Waals surface area contributed by atoms with Crippen LogP contribution in [0.25, 0.3) is 11.1 Å². The number of esters is 1. The quantitative estimate of drug-likeness (QED) is 0.601. The zero-order valence-corrected chi connectivity index (χ0v) is 17.9. The van der Waals surface area contributed by atoms with E-state index in [4.69, 9.17) is 16.3 Å². The molecular weight excluding hydrogens is 449 g/mol. The summed E-state index contributed by atoms with van der Waals surface area (Å²) in [5.41, 5.74) is -0.419. The number of alkyl halides is 2. The van der Waals surface area contributed by atoms with E-state index in [0.717, 1.165) is 0 Å². The molecule has 1 aliphatic rings. The van der Waals surface area contributed by atoms with Crippen LogP contribution in [0.2, 0.25) is 5.02 Å². The summed E-state index contributed by atoms with van der Waals surface area (Å²) in [5.74, 6) is -3.52. The van der Waals surface area contributed by atoms with Crippen molar-refractivity contribution in [2.24, 2.45) is 0 Å². The summed E-state index contributed by atoms with van der Waals surface area (Å²) in [4.78, 5) is 35.9. The number of hydrogen-bond acceptors (Lipinski definition) is 4. The van der Waals surface area contributed by atoms with Crippen LogP contribution in [0.5, 0.6) is 0 Å². The Labute approximate surface area is 187 Å². The molecule has 2 aromatic carbocycles. The van der Waals surface area contributed by atoms with Crippen LogP contribution in [0.15, 0.2) is 36.4 Å². The zero-order valence-electron chi connectivity index (χ0n) is 17.2. The van der Waals surface area contributed by atoms with Crippen LogP contribution in [-0.2, 0) is 14.3 Å². The third kappa shape index (κ3) is 4.72. The molecule has 0 unspecified atom stereocenters. The molecule has 2 N–H and O–H groups in total. The fraction of sp³-hybridized carbons (Fsp3) is 0.318. The molecule has 10 heteroatoms. The lowest BCUT2D eigenvalue weighted by molar-refractivity contribution is -0.136. The minimum absolute atomic E-state index is 0.0932. The number of halogens is 4. The molecule has 6 nitrogen and oxygen atoms in total. The first-order valence-corrected chi connectivity index (χ1v) is 10.0. The largest absolute Gasteiger partial charge is 0.465 e. The Balaban J connectivity index is 1.81. The van der Waals surface area contributed by atoms with Crippen LogP contribution in [0.1, 0.15) is 41.7 Å². The lowest BCUT2D eigenvalue weighted by Crippen LogP contribution is -2.51. The summed E-state index contributed by atoms with van der Waals surface area (Å²) in [5, 5.41) is 4.76. The second-order valence-corrected chi connectivity index (χ2v) is 7.86. The molecule has 1 atom stereocenters. The van der Waals surface area contributed by atoms with Gasteiger partial charge in [-0.05, 0) is 43.0 Å². The van der Waals surface area contributed by atoms with E-state index in [1.165, 1.54) is 32.2 Å². The molecule has 0 spiro atoms. The van der Waals surface area contributed by atoms with Crippen LogP contribution in [-0.4, -0.2) is 36.9 Å². The van der Waals surface area contributed by atoms with Crippen molar-refractivity contribution < 1.29 is 32.3 Å². The van der Waals surface area contributed by atoms with E-state index >= 15 is 0 Å². The highest BCUT2D eigenvalue weighted by Gasteiger charge is 2.52. The first kappa shape index (κ1) is 23.6. The second kappa shape index (κ2) is 9.20. The Bertz CT molecular complexity index is 1070. The molecule has 0 radical (unpaired) electrons. The third-order valence-electron chi connectivity index (χ3n) is 5.27. The van der Waals surface area contributed by atoms with Gasteiger partial charge in [-0.25, -0.2) is 9.18 Å². The van der Waals surface area contributed by atoms with E-state index in [1.807, 2.05) is 5.32 Å². The zero-order chi connectivity index (χ0) is 23.6. The van der Waals surface area contributed by atoms with Gasteiger partial charge in [0.1, 0.15) is 11.4 Å². The molecule has 2 amide bonds. The van der Waals surface area contributed by atoms with Crippen molar-refractivity contribution in [3.63, 3.8) is 0 Å². The molecule has 170 valence electrons. The maximum absolute atomic E-state index is 14.9. The number of hydrogen-bond donors (Lipinski definition) is 2. The van der Waals surface area contributed by atoms with Crippen LogP contribution >= 0.6 is 11.6 Å². The molecule has 3 rings (SSSR count). The van der Waals surface area contributed by atoms with Gasteiger partial charge >= 0.3 is 12.4 Å². The van der Waals surface area contributed by atoms with Crippen LogP contribution in [0.3, 0.4) is 0 Å². The molecule has 0 aliphatic heterocycles. The number of amides is 2. The number of benzene rings is 2. The number of carbonyl (C=O) groups is 3. The van der Waals surface area contributed by atoms with E-state index in [0.29, 0.717) is 11.1 Å². The Kier molecular flexibility index (Phi) is 6.78. The van der Waals surface area contributed by atoms with Crippen molar-refractivity contribution in [3.05, 3.63) is 58.4 Å². The molecule has 0 heterocycles. The summed E-state index contributed by atoms with van der Waals surface area (Å²) in [6.45, 7) is 1.53. The molecule has 1 aliphatic carbocycles. The maximum atomic E-state index is 14.9. The van der Waals surface area contributed by atoms with E-state index in [1.54, 1.807) is 18.2 Å². The van der Waals surface area contributed by atoms with Gasteiger partial charge in [0.15, 0.2) is 0 Å². The first-order chi connectivity index (χ1) is 15.1. The summed E-state index contributed by atoms with van der Waals surface area (Å²) in [6, 6.07) is 8.11. The van der Waals surface area contributed by atoms with Crippen molar-refractivity contribution in [1.29, 1.82) is 0 Å². The topological polar surface area (TPSA) is 84.5 Å². The smallest absolute Gasteiger partial charge is 0.340 e. The van der Waals surface area contributed by atoms with Gasteiger partial charge in [-0.2, -0.15) is 8.78 Å². The third-order valence-corrected chi connectivity index (χ3v) is 5.59. The van der Waals surface area contributed by atoms with Crippen molar-refractivity contribution in [2.45, 2.75) is 37.8 Å². The standard InChI is InChI=1S/C22H20ClF3N2O4/c1-11(27-21(31)22(8-9-22)28-19(29)18(25)26)13-7-6-12(10-16(13)24)14-4-3-5-15(23)17(14)20(30)32-2/h3-7,10-11,18H,8-9H2,1-2H3,(H,27,31)(H,28,29)/t11-/m1/s1. The highest BCUT2D eigenvalue weighted by atomic mass is 35.5. The number of ether oxygens (including phenoxy) is 1. The van der Waals surface area contributed by atoms with Crippen LogP contribution in [0.4, 0.5) is 13.2 Å². The van der Waals surface area contributed by atoms with E-state index < -0.39 is 41.6 Å². The Morgan fingerprint density at radius 2 is 1.84 bits per heavy atom. The van der Waals surface area contributed by atoms with Crippen molar-refractivity contribution in [2.75, 3.05) is 7.11 Å². The normalized spacial score (nSPS) is 15.1. The molecule has 0 aromatic heterocycles. The van der Waals surface area contributed by atoms with Gasteiger partial charge in [-0.3, -0.25) is 9.59 Å². The molecule has 0 bridgehead atoms.